The molecular formula is C15H25NO. The Hall–Kier alpha value is -0.760. The van der Waals surface area contributed by atoms with Gasteiger partial charge in [-0.2, -0.15) is 0 Å². The van der Waals surface area contributed by atoms with Crippen LogP contribution in [0.3, 0.4) is 0 Å². The van der Waals surface area contributed by atoms with E-state index < -0.39 is 0 Å². The van der Waals surface area contributed by atoms with Crippen LogP contribution >= 0.6 is 0 Å². The van der Waals surface area contributed by atoms with E-state index in [0.717, 1.165) is 18.7 Å². The molecule has 0 aromatic carbocycles. The van der Waals surface area contributed by atoms with Crippen molar-refractivity contribution in [3.8, 4) is 0 Å². The van der Waals surface area contributed by atoms with E-state index in [2.05, 4.69) is 25.2 Å². The van der Waals surface area contributed by atoms with Crippen molar-refractivity contribution in [2.24, 2.45) is 5.41 Å². The van der Waals surface area contributed by atoms with Crippen LogP contribution in [0.4, 0.5) is 0 Å². The quantitative estimate of drug-likeness (QED) is 0.795. The average molecular weight is 235 g/mol. The predicted octanol–water partition coefficient (Wildman–Crippen LogP) is 4.29. The van der Waals surface area contributed by atoms with Crippen LogP contribution in [-0.4, -0.2) is 6.54 Å². The van der Waals surface area contributed by atoms with Crippen molar-refractivity contribution in [3.63, 3.8) is 0 Å². The summed E-state index contributed by atoms with van der Waals surface area (Å²) in [4.78, 5) is 0. The maximum absolute atomic E-state index is 5.51. The second-order valence-corrected chi connectivity index (χ2v) is 5.42. The zero-order valence-corrected chi connectivity index (χ0v) is 11.2. The van der Waals surface area contributed by atoms with Crippen LogP contribution in [-0.2, 0) is 0 Å². The number of hydrogen-bond acceptors (Lipinski definition) is 2. The fourth-order valence-corrected chi connectivity index (χ4v) is 3.06. The lowest BCUT2D eigenvalue weighted by Gasteiger charge is -2.30. The molecule has 0 spiro atoms. The number of nitrogens with one attached hydrogen (secondary N) is 1. The molecule has 1 unspecified atom stereocenters. The highest BCUT2D eigenvalue weighted by molar-refractivity contribution is 5.04. The Bertz CT molecular complexity index is 312. The molecule has 1 aromatic rings. The summed E-state index contributed by atoms with van der Waals surface area (Å²) in [5, 5.41) is 3.71. The van der Waals surface area contributed by atoms with Crippen molar-refractivity contribution in [1.29, 1.82) is 0 Å². The summed E-state index contributed by atoms with van der Waals surface area (Å²) in [5.41, 5.74) is 0.556. The zero-order chi connectivity index (χ0) is 12.1. The lowest BCUT2D eigenvalue weighted by molar-refractivity contribution is 0.246. The molecule has 2 heteroatoms. The minimum atomic E-state index is 0.383. The van der Waals surface area contributed by atoms with Gasteiger partial charge in [-0.05, 0) is 43.2 Å². The minimum absolute atomic E-state index is 0.383. The van der Waals surface area contributed by atoms with Gasteiger partial charge in [-0.3, -0.25) is 0 Å². The molecule has 2 nitrogen and oxygen atoms in total. The minimum Gasteiger partial charge on any atom is -0.468 e. The van der Waals surface area contributed by atoms with Crippen LogP contribution in [0.25, 0.3) is 0 Å². The monoisotopic (exact) mass is 235 g/mol. The fraction of sp³-hybridized carbons (Fsp3) is 0.733. The standard InChI is InChI=1S/C15H25NO/c1-3-13(14-8-7-11-17-14)16-12-15(4-2)9-5-6-10-15/h7-8,11,13,16H,3-6,9-10,12H2,1-2H3. The third-order valence-electron chi connectivity index (χ3n) is 4.43. The van der Waals surface area contributed by atoms with E-state index in [9.17, 15) is 0 Å². The molecule has 0 radical (unpaired) electrons. The van der Waals surface area contributed by atoms with Crippen molar-refractivity contribution in [3.05, 3.63) is 24.2 Å². The van der Waals surface area contributed by atoms with Gasteiger partial charge < -0.3 is 9.73 Å². The van der Waals surface area contributed by atoms with Gasteiger partial charge in [-0.15, -0.1) is 0 Å². The molecule has 0 bridgehead atoms. The van der Waals surface area contributed by atoms with Crippen molar-refractivity contribution in [2.75, 3.05) is 6.54 Å². The molecule has 1 atom stereocenters. The van der Waals surface area contributed by atoms with Gasteiger partial charge >= 0.3 is 0 Å². The molecule has 0 aliphatic heterocycles. The molecule has 1 aliphatic carbocycles. The van der Waals surface area contributed by atoms with Gasteiger partial charge in [0.1, 0.15) is 5.76 Å². The second kappa shape index (κ2) is 5.72. The lowest BCUT2D eigenvalue weighted by Crippen LogP contribution is -2.33. The highest BCUT2D eigenvalue weighted by Gasteiger charge is 2.32. The first-order chi connectivity index (χ1) is 8.29. The van der Waals surface area contributed by atoms with Gasteiger partial charge in [0.25, 0.3) is 0 Å². The van der Waals surface area contributed by atoms with Crippen LogP contribution in [0, 0.1) is 5.41 Å². The smallest absolute Gasteiger partial charge is 0.120 e. The van der Waals surface area contributed by atoms with E-state index >= 15 is 0 Å². The van der Waals surface area contributed by atoms with E-state index in [1.54, 1.807) is 6.26 Å². The van der Waals surface area contributed by atoms with Crippen molar-refractivity contribution < 1.29 is 4.42 Å². The van der Waals surface area contributed by atoms with E-state index in [1.165, 1.54) is 32.1 Å². The van der Waals surface area contributed by atoms with Gasteiger partial charge in [-0.25, -0.2) is 0 Å². The molecule has 0 amide bonds. The first-order valence-corrected chi connectivity index (χ1v) is 7.06. The summed E-state index contributed by atoms with van der Waals surface area (Å²) in [6.07, 6.45) is 9.77. The number of hydrogen-bond donors (Lipinski definition) is 1. The average Bonchev–Trinajstić information content (AvgIpc) is 3.01. The Morgan fingerprint density at radius 1 is 1.35 bits per heavy atom. The van der Waals surface area contributed by atoms with Gasteiger partial charge in [-0.1, -0.05) is 26.7 Å². The topological polar surface area (TPSA) is 25.2 Å². The lowest BCUT2D eigenvalue weighted by atomic mass is 9.83. The Kier molecular flexibility index (Phi) is 4.27. The maximum atomic E-state index is 5.51. The molecule has 0 saturated heterocycles. The molecule has 2 rings (SSSR count). The van der Waals surface area contributed by atoms with Gasteiger partial charge in [0.15, 0.2) is 0 Å². The Balaban J connectivity index is 1.91. The van der Waals surface area contributed by atoms with Crippen molar-refractivity contribution in [1.82, 2.24) is 5.32 Å². The largest absolute Gasteiger partial charge is 0.468 e. The third-order valence-corrected chi connectivity index (χ3v) is 4.43. The highest BCUT2D eigenvalue weighted by atomic mass is 16.3. The summed E-state index contributed by atoms with van der Waals surface area (Å²) in [7, 11) is 0. The predicted molar refractivity (Wildman–Crippen MR) is 70.9 cm³/mol. The Morgan fingerprint density at radius 2 is 2.12 bits per heavy atom. The molecule has 1 saturated carbocycles. The molecule has 1 N–H and O–H groups in total. The molecule has 1 fully saturated rings. The Labute approximate surface area is 105 Å². The number of furan rings is 1. The van der Waals surface area contributed by atoms with Crippen molar-refractivity contribution in [2.45, 2.75) is 58.4 Å². The summed E-state index contributed by atoms with van der Waals surface area (Å²) >= 11 is 0. The third kappa shape index (κ3) is 2.92. The van der Waals surface area contributed by atoms with E-state index in [1.807, 2.05) is 6.07 Å². The summed E-state index contributed by atoms with van der Waals surface area (Å²) in [6, 6.07) is 4.44. The fourth-order valence-electron chi connectivity index (χ4n) is 3.06. The molecular weight excluding hydrogens is 210 g/mol. The van der Waals surface area contributed by atoms with Crippen molar-refractivity contribution >= 4 is 0 Å². The highest BCUT2D eigenvalue weighted by Crippen LogP contribution is 2.40. The molecule has 17 heavy (non-hydrogen) atoms. The van der Waals surface area contributed by atoms with E-state index in [4.69, 9.17) is 4.42 Å². The second-order valence-electron chi connectivity index (χ2n) is 5.42. The summed E-state index contributed by atoms with van der Waals surface area (Å²) in [6.45, 7) is 5.69. The molecule has 1 heterocycles. The number of rotatable bonds is 6. The van der Waals surface area contributed by atoms with E-state index in [-0.39, 0.29) is 0 Å². The summed E-state index contributed by atoms with van der Waals surface area (Å²) in [5.74, 6) is 1.08. The van der Waals surface area contributed by atoms with Crippen LogP contribution < -0.4 is 5.32 Å². The van der Waals surface area contributed by atoms with Crippen LogP contribution in [0.2, 0.25) is 0 Å². The van der Waals surface area contributed by atoms with Gasteiger partial charge in [0.2, 0.25) is 0 Å². The summed E-state index contributed by atoms with van der Waals surface area (Å²) < 4.78 is 5.51. The SMILES string of the molecule is CCC(NCC1(CC)CCCC1)c1ccco1. The maximum Gasteiger partial charge on any atom is 0.120 e. The van der Waals surface area contributed by atoms with Gasteiger partial charge in [0, 0.05) is 6.54 Å². The van der Waals surface area contributed by atoms with Gasteiger partial charge in [0.05, 0.1) is 12.3 Å². The molecule has 96 valence electrons. The van der Waals surface area contributed by atoms with Crippen LogP contribution in [0.1, 0.15) is 64.2 Å². The molecule has 1 aromatic heterocycles. The molecule has 1 aliphatic rings. The Morgan fingerprint density at radius 3 is 2.65 bits per heavy atom. The zero-order valence-electron chi connectivity index (χ0n) is 11.2. The first-order valence-electron chi connectivity index (χ1n) is 7.06. The normalized spacial score (nSPS) is 20.6. The van der Waals surface area contributed by atoms with Crippen LogP contribution in [0.15, 0.2) is 22.8 Å². The van der Waals surface area contributed by atoms with E-state index in [0.29, 0.717) is 11.5 Å². The first kappa shape index (κ1) is 12.7. The van der Waals surface area contributed by atoms with Crippen LogP contribution in [0.5, 0.6) is 0 Å².